The van der Waals surface area contributed by atoms with Gasteiger partial charge in [-0.15, -0.1) is 5.10 Å². The molecule has 0 saturated heterocycles. The van der Waals surface area contributed by atoms with Crippen molar-refractivity contribution in [1.82, 2.24) is 20.3 Å². The minimum absolute atomic E-state index is 0.0564. The fourth-order valence-electron chi connectivity index (χ4n) is 2.39. The first-order valence-corrected chi connectivity index (χ1v) is 6.01. The minimum atomic E-state index is -0.0564. The van der Waals surface area contributed by atoms with Crippen LogP contribution in [0, 0.1) is 11.8 Å². The van der Waals surface area contributed by atoms with Gasteiger partial charge in [-0.25, -0.2) is 4.68 Å². The number of hydrogen-bond donors (Lipinski definition) is 2. The number of carbonyl (C=O) groups is 1. The summed E-state index contributed by atoms with van der Waals surface area (Å²) in [7, 11) is 0. The van der Waals surface area contributed by atoms with E-state index in [2.05, 4.69) is 15.6 Å². The van der Waals surface area contributed by atoms with Crippen molar-refractivity contribution in [3.8, 4) is 0 Å². The molecule has 0 radical (unpaired) electrons. The van der Waals surface area contributed by atoms with Crippen LogP contribution in [0.4, 0.5) is 0 Å². The number of nitrogens with one attached hydrogen (secondary N) is 1. The van der Waals surface area contributed by atoms with Crippen molar-refractivity contribution in [2.75, 3.05) is 13.2 Å². The summed E-state index contributed by atoms with van der Waals surface area (Å²) in [6.07, 6.45) is 6.52. The Morgan fingerprint density at radius 1 is 1.47 bits per heavy atom. The number of aliphatic hydroxyl groups is 1. The van der Waals surface area contributed by atoms with E-state index in [1.54, 1.807) is 12.4 Å². The van der Waals surface area contributed by atoms with Crippen molar-refractivity contribution < 1.29 is 9.90 Å². The number of rotatable bonds is 5. The van der Waals surface area contributed by atoms with Crippen LogP contribution in [0.2, 0.25) is 0 Å². The molecule has 1 aliphatic carbocycles. The average Bonchev–Trinajstić information content (AvgIpc) is 2.96. The molecule has 1 saturated carbocycles. The lowest BCUT2D eigenvalue weighted by molar-refractivity contribution is -0.122. The van der Waals surface area contributed by atoms with E-state index < -0.39 is 0 Å². The van der Waals surface area contributed by atoms with Crippen LogP contribution in [-0.2, 0) is 11.3 Å². The Hall–Kier alpha value is -1.43. The molecule has 1 heterocycles. The largest absolute Gasteiger partial charge is 0.396 e. The summed E-state index contributed by atoms with van der Waals surface area (Å²) in [5.41, 5.74) is 0. The van der Waals surface area contributed by atoms with Crippen molar-refractivity contribution >= 4 is 5.91 Å². The zero-order chi connectivity index (χ0) is 12.1. The SMILES string of the molecule is O=C(Cn1ccnn1)NCC1CCCC1CO. The van der Waals surface area contributed by atoms with Crippen LogP contribution >= 0.6 is 0 Å². The number of aliphatic hydroxyl groups excluding tert-OH is 1. The summed E-state index contributed by atoms with van der Waals surface area (Å²) >= 11 is 0. The van der Waals surface area contributed by atoms with Crippen LogP contribution in [0.5, 0.6) is 0 Å². The Morgan fingerprint density at radius 2 is 2.29 bits per heavy atom. The first kappa shape index (κ1) is 12.0. The number of aromatic nitrogens is 3. The van der Waals surface area contributed by atoms with Gasteiger partial charge in [0, 0.05) is 19.3 Å². The predicted octanol–water partition coefficient (Wildman–Crippen LogP) is -0.197. The third kappa shape index (κ3) is 3.26. The number of amides is 1. The van der Waals surface area contributed by atoms with E-state index in [9.17, 15) is 9.90 Å². The molecule has 17 heavy (non-hydrogen) atoms. The minimum Gasteiger partial charge on any atom is -0.396 e. The topological polar surface area (TPSA) is 80.0 Å². The molecular formula is C11H18N4O2. The first-order valence-electron chi connectivity index (χ1n) is 6.01. The molecule has 2 N–H and O–H groups in total. The van der Waals surface area contributed by atoms with Gasteiger partial charge in [-0.1, -0.05) is 11.6 Å². The maximum Gasteiger partial charge on any atom is 0.241 e. The molecule has 0 aromatic carbocycles. The molecule has 1 aliphatic rings. The molecule has 0 bridgehead atoms. The molecule has 2 unspecified atom stereocenters. The Kier molecular flexibility index (Phi) is 4.08. The van der Waals surface area contributed by atoms with E-state index >= 15 is 0 Å². The molecule has 2 atom stereocenters. The Labute approximate surface area is 100 Å². The summed E-state index contributed by atoms with van der Waals surface area (Å²) in [4.78, 5) is 11.6. The van der Waals surface area contributed by atoms with Crippen LogP contribution in [-0.4, -0.2) is 39.2 Å². The van der Waals surface area contributed by atoms with Gasteiger partial charge >= 0.3 is 0 Å². The van der Waals surface area contributed by atoms with Crippen LogP contribution in [0.15, 0.2) is 12.4 Å². The first-order chi connectivity index (χ1) is 8.29. The summed E-state index contributed by atoms with van der Waals surface area (Å²) in [6, 6.07) is 0. The normalized spacial score (nSPS) is 23.8. The highest BCUT2D eigenvalue weighted by Gasteiger charge is 2.26. The van der Waals surface area contributed by atoms with Gasteiger partial charge in [0.05, 0.1) is 6.20 Å². The highest BCUT2D eigenvalue weighted by molar-refractivity contribution is 5.75. The Balaban J connectivity index is 1.72. The highest BCUT2D eigenvalue weighted by Crippen LogP contribution is 2.30. The van der Waals surface area contributed by atoms with E-state index in [-0.39, 0.29) is 19.1 Å². The van der Waals surface area contributed by atoms with E-state index in [0.717, 1.165) is 19.3 Å². The Bertz CT molecular complexity index is 352. The third-order valence-corrected chi connectivity index (χ3v) is 3.39. The molecule has 1 aromatic heterocycles. The fraction of sp³-hybridized carbons (Fsp3) is 0.727. The lowest BCUT2D eigenvalue weighted by Gasteiger charge is -2.17. The van der Waals surface area contributed by atoms with Gasteiger partial charge in [-0.05, 0) is 24.7 Å². The lowest BCUT2D eigenvalue weighted by atomic mass is 9.97. The fourth-order valence-corrected chi connectivity index (χ4v) is 2.39. The quantitative estimate of drug-likeness (QED) is 0.744. The van der Waals surface area contributed by atoms with Gasteiger partial charge in [-0.3, -0.25) is 4.79 Å². The predicted molar refractivity (Wildman–Crippen MR) is 60.9 cm³/mol. The highest BCUT2D eigenvalue weighted by atomic mass is 16.3. The molecule has 1 fully saturated rings. The number of nitrogens with zero attached hydrogens (tertiary/aromatic N) is 3. The summed E-state index contributed by atoms with van der Waals surface area (Å²) in [5, 5.41) is 19.4. The van der Waals surface area contributed by atoms with Crippen LogP contribution in [0.1, 0.15) is 19.3 Å². The molecule has 6 nitrogen and oxygen atoms in total. The van der Waals surface area contributed by atoms with Gasteiger partial charge in [0.15, 0.2) is 0 Å². The molecule has 94 valence electrons. The summed E-state index contributed by atoms with van der Waals surface area (Å²) < 4.78 is 1.49. The summed E-state index contributed by atoms with van der Waals surface area (Å²) in [6.45, 7) is 1.08. The second kappa shape index (κ2) is 5.77. The number of hydrogen-bond acceptors (Lipinski definition) is 4. The van der Waals surface area contributed by atoms with Crippen LogP contribution < -0.4 is 5.32 Å². The molecule has 1 aromatic rings. The monoisotopic (exact) mass is 238 g/mol. The van der Waals surface area contributed by atoms with E-state index in [1.807, 2.05) is 0 Å². The van der Waals surface area contributed by atoms with Crippen molar-refractivity contribution in [3.05, 3.63) is 12.4 Å². The van der Waals surface area contributed by atoms with Crippen molar-refractivity contribution in [3.63, 3.8) is 0 Å². The van der Waals surface area contributed by atoms with Gasteiger partial charge in [0.1, 0.15) is 6.54 Å². The molecule has 2 rings (SSSR count). The third-order valence-electron chi connectivity index (χ3n) is 3.39. The summed E-state index contributed by atoms with van der Waals surface area (Å²) in [5.74, 6) is 0.709. The molecule has 0 aliphatic heterocycles. The molecule has 0 spiro atoms. The Morgan fingerprint density at radius 3 is 3.00 bits per heavy atom. The maximum absolute atomic E-state index is 11.6. The van der Waals surface area contributed by atoms with Gasteiger partial charge in [0.2, 0.25) is 5.91 Å². The zero-order valence-corrected chi connectivity index (χ0v) is 9.75. The molecular weight excluding hydrogens is 220 g/mol. The number of carbonyl (C=O) groups excluding carboxylic acids is 1. The average molecular weight is 238 g/mol. The van der Waals surface area contributed by atoms with Crippen LogP contribution in [0.3, 0.4) is 0 Å². The van der Waals surface area contributed by atoms with Gasteiger partial charge in [0.25, 0.3) is 0 Å². The molecule has 6 heteroatoms. The van der Waals surface area contributed by atoms with Crippen molar-refractivity contribution in [2.24, 2.45) is 11.8 Å². The smallest absolute Gasteiger partial charge is 0.241 e. The van der Waals surface area contributed by atoms with Crippen molar-refractivity contribution in [1.29, 1.82) is 0 Å². The second-order valence-electron chi connectivity index (χ2n) is 4.54. The van der Waals surface area contributed by atoms with Crippen LogP contribution in [0.25, 0.3) is 0 Å². The van der Waals surface area contributed by atoms with E-state index in [0.29, 0.717) is 18.4 Å². The van der Waals surface area contributed by atoms with Gasteiger partial charge < -0.3 is 10.4 Å². The van der Waals surface area contributed by atoms with Crippen molar-refractivity contribution in [2.45, 2.75) is 25.8 Å². The second-order valence-corrected chi connectivity index (χ2v) is 4.54. The maximum atomic E-state index is 11.6. The molecule has 1 amide bonds. The van der Waals surface area contributed by atoms with Gasteiger partial charge in [-0.2, -0.15) is 0 Å². The zero-order valence-electron chi connectivity index (χ0n) is 9.75. The lowest BCUT2D eigenvalue weighted by Crippen LogP contribution is -2.34. The van der Waals surface area contributed by atoms with E-state index in [4.69, 9.17) is 0 Å². The standard InChI is InChI=1S/C11H18N4O2/c16-8-10-3-1-2-9(10)6-12-11(17)7-15-5-4-13-14-15/h4-5,9-10,16H,1-3,6-8H2,(H,12,17). The van der Waals surface area contributed by atoms with E-state index in [1.165, 1.54) is 4.68 Å².